The third-order valence-electron chi connectivity index (χ3n) is 6.68. The SMILES string of the molecule is CC1(C)OB(c2ccc(CC(N=C(c3ccccc3)c3ccccc3)C(=O)O)c(F)c2)OC1(C)C. The van der Waals surface area contributed by atoms with Crippen molar-refractivity contribution in [1.29, 1.82) is 0 Å². The molecule has 0 aliphatic carbocycles. The number of carbonyl (C=O) groups is 1. The lowest BCUT2D eigenvalue weighted by Crippen LogP contribution is -2.41. The molecular formula is C28H29BFNO4. The van der Waals surface area contributed by atoms with Crippen LogP contribution in [-0.2, 0) is 20.5 Å². The summed E-state index contributed by atoms with van der Waals surface area (Å²) in [6.45, 7) is 7.74. The Morgan fingerprint density at radius 2 is 1.43 bits per heavy atom. The number of benzene rings is 3. The lowest BCUT2D eigenvalue weighted by atomic mass is 9.78. The highest BCUT2D eigenvalue weighted by atomic mass is 19.1. The topological polar surface area (TPSA) is 68.1 Å². The van der Waals surface area contributed by atoms with Gasteiger partial charge >= 0.3 is 13.1 Å². The first-order valence-corrected chi connectivity index (χ1v) is 11.6. The third kappa shape index (κ3) is 5.36. The van der Waals surface area contributed by atoms with Gasteiger partial charge < -0.3 is 14.4 Å². The van der Waals surface area contributed by atoms with E-state index < -0.39 is 36.1 Å². The zero-order chi connectivity index (χ0) is 25.2. The summed E-state index contributed by atoms with van der Waals surface area (Å²) in [5.41, 5.74) is 1.87. The molecule has 1 heterocycles. The second-order valence-electron chi connectivity index (χ2n) is 9.71. The molecular weight excluding hydrogens is 444 g/mol. The van der Waals surface area contributed by atoms with Crippen LogP contribution in [-0.4, -0.2) is 41.1 Å². The quantitative estimate of drug-likeness (QED) is 0.401. The van der Waals surface area contributed by atoms with Gasteiger partial charge in [0.05, 0.1) is 16.9 Å². The van der Waals surface area contributed by atoms with Crippen molar-refractivity contribution in [2.75, 3.05) is 0 Å². The van der Waals surface area contributed by atoms with Crippen molar-refractivity contribution in [3.05, 3.63) is 101 Å². The van der Waals surface area contributed by atoms with Crippen molar-refractivity contribution in [2.45, 2.75) is 51.4 Å². The molecule has 1 N–H and O–H groups in total. The Labute approximate surface area is 205 Å². The summed E-state index contributed by atoms with van der Waals surface area (Å²) in [7, 11) is -0.695. The zero-order valence-corrected chi connectivity index (χ0v) is 20.4. The van der Waals surface area contributed by atoms with Crippen LogP contribution in [0.5, 0.6) is 0 Å². The Morgan fingerprint density at radius 3 is 1.89 bits per heavy atom. The van der Waals surface area contributed by atoms with Gasteiger partial charge in [-0.3, -0.25) is 4.99 Å². The standard InChI is InChI=1S/C28H29BFNO4/c1-27(2)28(3,4)35-29(34-27)22-16-15-21(23(30)18-22)17-24(26(32)33)31-25(19-11-7-5-8-12-19)20-13-9-6-10-14-20/h5-16,18,24H,17H2,1-4H3,(H,32,33). The molecule has 0 saturated carbocycles. The maximum atomic E-state index is 15.1. The van der Waals surface area contributed by atoms with Crippen molar-refractivity contribution in [3.8, 4) is 0 Å². The van der Waals surface area contributed by atoms with Crippen molar-refractivity contribution in [3.63, 3.8) is 0 Å². The van der Waals surface area contributed by atoms with E-state index in [9.17, 15) is 9.90 Å². The van der Waals surface area contributed by atoms with Gasteiger partial charge in [0.2, 0.25) is 0 Å². The minimum absolute atomic E-state index is 0.0893. The van der Waals surface area contributed by atoms with E-state index in [1.807, 2.05) is 88.4 Å². The van der Waals surface area contributed by atoms with Crippen LogP contribution in [0.4, 0.5) is 4.39 Å². The Hall–Kier alpha value is -3.29. The minimum Gasteiger partial charge on any atom is -0.480 e. The molecule has 1 aliphatic rings. The van der Waals surface area contributed by atoms with Crippen molar-refractivity contribution in [2.24, 2.45) is 4.99 Å². The molecule has 0 radical (unpaired) electrons. The van der Waals surface area contributed by atoms with E-state index >= 15 is 4.39 Å². The monoisotopic (exact) mass is 473 g/mol. The molecule has 0 aromatic heterocycles. The molecule has 4 rings (SSSR count). The number of nitrogens with zero attached hydrogens (tertiary/aromatic N) is 1. The van der Waals surface area contributed by atoms with Gasteiger partial charge in [0.1, 0.15) is 5.82 Å². The largest absolute Gasteiger partial charge is 0.494 e. The van der Waals surface area contributed by atoms with Crippen molar-refractivity contribution in [1.82, 2.24) is 0 Å². The Kier molecular flexibility index (Phi) is 6.92. The van der Waals surface area contributed by atoms with Crippen LogP contribution in [0.2, 0.25) is 0 Å². The average molecular weight is 473 g/mol. The van der Waals surface area contributed by atoms with E-state index in [4.69, 9.17) is 9.31 Å². The molecule has 180 valence electrons. The van der Waals surface area contributed by atoms with Crippen LogP contribution in [0.1, 0.15) is 44.4 Å². The van der Waals surface area contributed by atoms with Gasteiger partial charge in [-0.15, -0.1) is 0 Å². The van der Waals surface area contributed by atoms with E-state index in [0.717, 1.165) is 11.1 Å². The summed E-state index contributed by atoms with van der Waals surface area (Å²) < 4.78 is 27.2. The summed E-state index contributed by atoms with van der Waals surface area (Å²) >= 11 is 0. The van der Waals surface area contributed by atoms with Gasteiger partial charge in [0.25, 0.3) is 0 Å². The Morgan fingerprint density at radius 1 is 0.914 bits per heavy atom. The van der Waals surface area contributed by atoms with Crippen LogP contribution in [0.3, 0.4) is 0 Å². The van der Waals surface area contributed by atoms with Crippen LogP contribution < -0.4 is 5.46 Å². The number of hydrogen-bond donors (Lipinski definition) is 1. The van der Waals surface area contributed by atoms with E-state index in [0.29, 0.717) is 11.2 Å². The molecule has 1 saturated heterocycles. The van der Waals surface area contributed by atoms with Gasteiger partial charge in [0, 0.05) is 17.5 Å². The van der Waals surface area contributed by atoms with E-state index in [1.165, 1.54) is 6.07 Å². The number of halogens is 1. The highest BCUT2D eigenvalue weighted by molar-refractivity contribution is 6.62. The lowest BCUT2D eigenvalue weighted by molar-refractivity contribution is -0.138. The molecule has 1 fully saturated rings. The van der Waals surface area contributed by atoms with E-state index in [1.54, 1.807) is 12.1 Å². The fourth-order valence-corrected chi connectivity index (χ4v) is 3.91. The van der Waals surface area contributed by atoms with E-state index in [2.05, 4.69) is 4.99 Å². The number of rotatable bonds is 7. The number of carboxylic acids is 1. The predicted octanol–water partition coefficient (Wildman–Crippen LogP) is 4.66. The number of aliphatic imine (C=N–C) groups is 1. The predicted molar refractivity (Wildman–Crippen MR) is 136 cm³/mol. The Bertz CT molecular complexity index is 1170. The van der Waals surface area contributed by atoms with Crippen LogP contribution in [0.25, 0.3) is 0 Å². The molecule has 7 heteroatoms. The molecule has 3 aromatic carbocycles. The summed E-state index contributed by atoms with van der Waals surface area (Å²) in [5, 5.41) is 9.94. The molecule has 3 aromatic rings. The van der Waals surface area contributed by atoms with Crippen molar-refractivity contribution < 1.29 is 23.6 Å². The molecule has 0 amide bonds. The number of aliphatic carboxylic acids is 1. The summed E-state index contributed by atoms with van der Waals surface area (Å²) in [4.78, 5) is 16.8. The van der Waals surface area contributed by atoms with Crippen LogP contribution >= 0.6 is 0 Å². The third-order valence-corrected chi connectivity index (χ3v) is 6.68. The first-order chi connectivity index (χ1) is 16.6. The molecule has 5 nitrogen and oxygen atoms in total. The molecule has 1 unspecified atom stereocenters. The van der Waals surface area contributed by atoms with Gasteiger partial charge in [-0.2, -0.15) is 0 Å². The lowest BCUT2D eigenvalue weighted by Gasteiger charge is -2.32. The van der Waals surface area contributed by atoms with Gasteiger partial charge in [0.15, 0.2) is 6.04 Å². The summed E-state index contributed by atoms with van der Waals surface area (Å²) in [6, 6.07) is 22.3. The molecule has 0 spiro atoms. The second kappa shape index (κ2) is 9.76. The maximum absolute atomic E-state index is 15.1. The van der Waals surface area contributed by atoms with Crippen LogP contribution in [0, 0.1) is 5.82 Å². The van der Waals surface area contributed by atoms with Crippen LogP contribution in [0.15, 0.2) is 83.9 Å². The van der Waals surface area contributed by atoms with Gasteiger partial charge in [-0.1, -0.05) is 72.8 Å². The van der Waals surface area contributed by atoms with Gasteiger partial charge in [-0.25, -0.2) is 9.18 Å². The summed E-state index contributed by atoms with van der Waals surface area (Å²) in [6.07, 6.45) is -0.0893. The molecule has 0 bridgehead atoms. The zero-order valence-electron chi connectivity index (χ0n) is 20.4. The first-order valence-electron chi connectivity index (χ1n) is 11.6. The number of hydrogen-bond acceptors (Lipinski definition) is 4. The normalized spacial score (nSPS) is 17.1. The highest BCUT2D eigenvalue weighted by Gasteiger charge is 2.51. The summed E-state index contributed by atoms with van der Waals surface area (Å²) in [5.74, 6) is -1.64. The van der Waals surface area contributed by atoms with Crippen molar-refractivity contribution >= 4 is 24.3 Å². The second-order valence-corrected chi connectivity index (χ2v) is 9.71. The Balaban J connectivity index is 1.63. The number of carboxylic acid groups (broad SMARTS) is 1. The maximum Gasteiger partial charge on any atom is 0.494 e. The highest BCUT2D eigenvalue weighted by Crippen LogP contribution is 2.36. The van der Waals surface area contributed by atoms with Gasteiger partial charge in [-0.05, 0) is 44.8 Å². The first kappa shape index (κ1) is 24.8. The molecule has 35 heavy (non-hydrogen) atoms. The average Bonchev–Trinajstić information content (AvgIpc) is 3.05. The smallest absolute Gasteiger partial charge is 0.480 e. The minimum atomic E-state index is -1.16. The van der Waals surface area contributed by atoms with E-state index in [-0.39, 0.29) is 12.0 Å². The molecule has 1 atom stereocenters. The fraction of sp³-hybridized carbons (Fsp3) is 0.286. The molecule has 1 aliphatic heterocycles. The fourth-order valence-electron chi connectivity index (χ4n) is 3.91.